The van der Waals surface area contributed by atoms with Crippen LogP contribution < -0.4 is 0 Å². The third-order valence-corrected chi connectivity index (χ3v) is 2.06. The number of benzene rings is 1. The molecular formula is C9H9F2N3O. The Balaban J connectivity index is 3.29. The number of rotatable bonds is 3. The first-order valence-corrected chi connectivity index (χ1v) is 4.15. The van der Waals surface area contributed by atoms with E-state index in [2.05, 4.69) is 10.0 Å². The van der Waals surface area contributed by atoms with Gasteiger partial charge in [-0.25, -0.2) is 8.78 Å². The molecule has 80 valence electrons. The van der Waals surface area contributed by atoms with Crippen LogP contribution in [0.2, 0.25) is 0 Å². The molecule has 4 nitrogen and oxygen atoms in total. The Hall–Kier alpha value is -1.65. The van der Waals surface area contributed by atoms with Gasteiger partial charge >= 0.3 is 0 Å². The average molecular weight is 213 g/mol. The number of halogens is 2. The smallest absolute Gasteiger partial charge is 0.126 e. The first-order chi connectivity index (χ1) is 7.01. The number of aliphatic hydroxyl groups is 1. The lowest BCUT2D eigenvalue weighted by atomic mass is 9.94. The molecule has 1 unspecified atom stereocenters. The van der Waals surface area contributed by atoms with Gasteiger partial charge < -0.3 is 5.11 Å². The van der Waals surface area contributed by atoms with E-state index in [9.17, 15) is 8.78 Å². The van der Waals surface area contributed by atoms with Gasteiger partial charge in [-0.2, -0.15) is 0 Å². The second kappa shape index (κ2) is 4.25. The fourth-order valence-corrected chi connectivity index (χ4v) is 1.14. The standard InChI is InChI=1S/C9H9F2N3O/c1-9(5-15,13-14-12)6-2-7(10)4-8(11)3-6/h2-4,15H,5H2,1H3. The molecule has 0 spiro atoms. The molecule has 1 aromatic carbocycles. The summed E-state index contributed by atoms with van der Waals surface area (Å²) < 4.78 is 25.8. The van der Waals surface area contributed by atoms with Crippen molar-refractivity contribution in [3.63, 3.8) is 0 Å². The van der Waals surface area contributed by atoms with E-state index in [1.54, 1.807) is 0 Å². The predicted molar refractivity (Wildman–Crippen MR) is 49.9 cm³/mol. The summed E-state index contributed by atoms with van der Waals surface area (Å²) in [4.78, 5) is 2.53. The summed E-state index contributed by atoms with van der Waals surface area (Å²) in [5.74, 6) is -1.56. The average Bonchev–Trinajstić information content (AvgIpc) is 2.16. The van der Waals surface area contributed by atoms with Crippen LogP contribution in [0.1, 0.15) is 12.5 Å². The third kappa shape index (κ3) is 2.43. The van der Waals surface area contributed by atoms with Crippen LogP contribution in [-0.4, -0.2) is 11.7 Å². The molecule has 0 saturated heterocycles. The van der Waals surface area contributed by atoms with Gasteiger partial charge in [0.2, 0.25) is 0 Å². The minimum absolute atomic E-state index is 0.0975. The first kappa shape index (κ1) is 11.4. The zero-order valence-electron chi connectivity index (χ0n) is 7.98. The molecule has 0 heterocycles. The molecule has 15 heavy (non-hydrogen) atoms. The van der Waals surface area contributed by atoms with Gasteiger partial charge in [0.15, 0.2) is 0 Å². The van der Waals surface area contributed by atoms with Crippen LogP contribution in [0.3, 0.4) is 0 Å². The molecule has 0 saturated carbocycles. The number of aliphatic hydroxyl groups excluding tert-OH is 1. The van der Waals surface area contributed by atoms with Crippen molar-refractivity contribution < 1.29 is 13.9 Å². The van der Waals surface area contributed by atoms with Crippen molar-refractivity contribution in [2.45, 2.75) is 12.5 Å². The van der Waals surface area contributed by atoms with Crippen molar-refractivity contribution in [1.29, 1.82) is 0 Å². The van der Waals surface area contributed by atoms with E-state index in [0.29, 0.717) is 6.07 Å². The molecule has 0 amide bonds. The van der Waals surface area contributed by atoms with Gasteiger partial charge in [0.25, 0.3) is 0 Å². The summed E-state index contributed by atoms with van der Waals surface area (Å²) in [5, 5.41) is 12.4. The lowest BCUT2D eigenvalue weighted by molar-refractivity contribution is 0.209. The molecule has 0 fully saturated rings. The van der Waals surface area contributed by atoms with E-state index < -0.39 is 23.8 Å². The van der Waals surface area contributed by atoms with Crippen LogP contribution in [0, 0.1) is 11.6 Å². The minimum Gasteiger partial charge on any atom is -0.395 e. The number of nitrogens with zero attached hydrogens (tertiary/aromatic N) is 3. The normalized spacial score (nSPS) is 14.1. The highest BCUT2D eigenvalue weighted by Gasteiger charge is 2.25. The molecule has 0 aromatic heterocycles. The fourth-order valence-electron chi connectivity index (χ4n) is 1.14. The number of hydrogen-bond acceptors (Lipinski definition) is 2. The van der Waals surface area contributed by atoms with E-state index in [0.717, 1.165) is 12.1 Å². The van der Waals surface area contributed by atoms with Gasteiger partial charge in [0.05, 0.1) is 12.1 Å². The third-order valence-electron chi connectivity index (χ3n) is 2.06. The van der Waals surface area contributed by atoms with Crippen LogP contribution >= 0.6 is 0 Å². The zero-order valence-corrected chi connectivity index (χ0v) is 7.98. The Labute approximate surface area is 84.8 Å². The summed E-state index contributed by atoms with van der Waals surface area (Å²) in [6.45, 7) is 0.862. The maximum atomic E-state index is 12.9. The topological polar surface area (TPSA) is 69.0 Å². The second-order valence-electron chi connectivity index (χ2n) is 3.28. The lowest BCUT2D eigenvalue weighted by Gasteiger charge is -2.21. The zero-order chi connectivity index (χ0) is 11.5. The van der Waals surface area contributed by atoms with Crippen molar-refractivity contribution >= 4 is 0 Å². The van der Waals surface area contributed by atoms with E-state index in [-0.39, 0.29) is 5.56 Å². The summed E-state index contributed by atoms with van der Waals surface area (Å²) in [6.07, 6.45) is 0. The molecule has 6 heteroatoms. The molecule has 1 N–H and O–H groups in total. The molecule has 0 aliphatic carbocycles. The maximum absolute atomic E-state index is 12.9. The van der Waals surface area contributed by atoms with E-state index in [1.165, 1.54) is 6.92 Å². The van der Waals surface area contributed by atoms with Crippen LogP contribution in [0.15, 0.2) is 23.3 Å². The van der Waals surface area contributed by atoms with Crippen LogP contribution in [0.4, 0.5) is 8.78 Å². The van der Waals surface area contributed by atoms with E-state index >= 15 is 0 Å². The molecule has 0 bridgehead atoms. The van der Waals surface area contributed by atoms with Gasteiger partial charge in [0, 0.05) is 11.0 Å². The Morgan fingerprint density at radius 2 is 1.93 bits per heavy atom. The maximum Gasteiger partial charge on any atom is 0.126 e. The SMILES string of the molecule is CC(CO)(N=[N+]=[N-])c1cc(F)cc(F)c1. The molecule has 1 aromatic rings. The van der Waals surface area contributed by atoms with Gasteiger partial charge in [0.1, 0.15) is 11.6 Å². The molecule has 0 radical (unpaired) electrons. The van der Waals surface area contributed by atoms with Crippen molar-refractivity contribution in [2.75, 3.05) is 6.61 Å². The van der Waals surface area contributed by atoms with Crippen molar-refractivity contribution in [3.8, 4) is 0 Å². The van der Waals surface area contributed by atoms with Crippen molar-refractivity contribution in [1.82, 2.24) is 0 Å². The van der Waals surface area contributed by atoms with Crippen LogP contribution in [0.25, 0.3) is 10.4 Å². The van der Waals surface area contributed by atoms with Crippen molar-refractivity contribution in [2.24, 2.45) is 5.11 Å². The highest BCUT2D eigenvalue weighted by Crippen LogP contribution is 2.26. The summed E-state index contributed by atoms with van der Waals surface area (Å²) in [6, 6.07) is 2.75. The van der Waals surface area contributed by atoms with Gasteiger partial charge in [-0.15, -0.1) is 0 Å². The number of hydrogen-bond donors (Lipinski definition) is 1. The predicted octanol–water partition coefficient (Wildman–Crippen LogP) is 2.48. The largest absolute Gasteiger partial charge is 0.395 e. The monoisotopic (exact) mass is 213 g/mol. The molecular weight excluding hydrogens is 204 g/mol. The quantitative estimate of drug-likeness (QED) is 0.467. The van der Waals surface area contributed by atoms with Gasteiger partial charge in [-0.1, -0.05) is 5.11 Å². The summed E-state index contributed by atoms with van der Waals surface area (Å²) in [7, 11) is 0. The fraction of sp³-hybridized carbons (Fsp3) is 0.333. The Bertz CT molecular complexity index is 398. The van der Waals surface area contributed by atoms with E-state index in [4.69, 9.17) is 10.6 Å². The highest BCUT2D eigenvalue weighted by atomic mass is 19.1. The first-order valence-electron chi connectivity index (χ1n) is 4.15. The summed E-state index contributed by atoms with van der Waals surface area (Å²) in [5.41, 5.74) is 7.04. The molecule has 1 rings (SSSR count). The van der Waals surface area contributed by atoms with Crippen molar-refractivity contribution in [3.05, 3.63) is 45.8 Å². The highest BCUT2D eigenvalue weighted by molar-refractivity contribution is 5.25. The Kier molecular flexibility index (Phi) is 3.24. The molecule has 0 aliphatic heterocycles. The summed E-state index contributed by atoms with van der Waals surface area (Å²) >= 11 is 0. The molecule has 0 aliphatic rings. The number of azide groups is 1. The van der Waals surface area contributed by atoms with E-state index in [1.807, 2.05) is 0 Å². The Morgan fingerprint density at radius 1 is 1.40 bits per heavy atom. The van der Waals surface area contributed by atoms with Crippen LogP contribution in [-0.2, 0) is 5.54 Å². The van der Waals surface area contributed by atoms with Gasteiger partial charge in [-0.05, 0) is 30.2 Å². The van der Waals surface area contributed by atoms with Crippen LogP contribution in [0.5, 0.6) is 0 Å². The van der Waals surface area contributed by atoms with Gasteiger partial charge in [-0.3, -0.25) is 0 Å². The molecule has 1 atom stereocenters. The minimum atomic E-state index is -1.35. The Morgan fingerprint density at radius 3 is 2.33 bits per heavy atom. The second-order valence-corrected chi connectivity index (χ2v) is 3.28. The lowest BCUT2D eigenvalue weighted by Crippen LogP contribution is -2.23.